The van der Waals surface area contributed by atoms with Gasteiger partial charge in [0.2, 0.25) is 5.91 Å². The number of aromatic amines is 1. The van der Waals surface area contributed by atoms with Crippen LogP contribution < -0.4 is 10.9 Å². The Balaban J connectivity index is 1.79. The molecule has 1 saturated heterocycles. The molecular formula is C20H19FN2O3. The highest BCUT2D eigenvalue weighted by Crippen LogP contribution is 2.38. The maximum absolute atomic E-state index is 13.4. The number of pyridine rings is 1. The molecule has 2 heterocycles. The molecule has 3 N–H and O–H groups in total. The topological polar surface area (TPSA) is 82.2 Å². The number of hydrogen-bond acceptors (Lipinski definition) is 3. The monoisotopic (exact) mass is 354 g/mol. The van der Waals surface area contributed by atoms with Gasteiger partial charge in [0.15, 0.2) is 0 Å². The molecule has 0 radical (unpaired) electrons. The van der Waals surface area contributed by atoms with Gasteiger partial charge in [0.25, 0.3) is 5.56 Å². The third-order valence-corrected chi connectivity index (χ3v) is 4.89. The minimum Gasteiger partial charge on any atom is -0.507 e. The normalized spacial score (nSPS) is 20.3. The standard InChI is InChI=1S/C20H19FN2O3/c21-12-3-5-15(18(24)9-12)16(10-13-4-8-19(25)22-13)17-7-6-14(11-1-2-11)20(26)23-17/h3,5-7,9-11,13,24H,1-2,4,8H2,(H,22,25)(H,23,26)/t13-/m1/s1. The van der Waals surface area contributed by atoms with E-state index in [9.17, 15) is 19.1 Å². The minimum atomic E-state index is -0.544. The Morgan fingerprint density at radius 3 is 2.58 bits per heavy atom. The van der Waals surface area contributed by atoms with Gasteiger partial charge >= 0.3 is 0 Å². The van der Waals surface area contributed by atoms with Gasteiger partial charge in [-0.05, 0) is 43.4 Å². The lowest BCUT2D eigenvalue weighted by Crippen LogP contribution is -2.23. The summed E-state index contributed by atoms with van der Waals surface area (Å²) in [4.78, 5) is 26.8. The number of aromatic nitrogens is 1. The van der Waals surface area contributed by atoms with Gasteiger partial charge in [-0.1, -0.05) is 12.1 Å². The number of amides is 1. The lowest BCUT2D eigenvalue weighted by Gasteiger charge is -2.14. The van der Waals surface area contributed by atoms with E-state index in [-0.39, 0.29) is 23.3 Å². The summed E-state index contributed by atoms with van der Waals surface area (Å²) in [6.45, 7) is 0. The van der Waals surface area contributed by atoms with E-state index in [0.717, 1.165) is 24.5 Å². The number of aromatic hydroxyl groups is 1. The lowest BCUT2D eigenvalue weighted by atomic mass is 9.97. The summed E-state index contributed by atoms with van der Waals surface area (Å²) in [6.07, 6.45) is 4.92. The molecule has 0 unspecified atom stereocenters. The van der Waals surface area contributed by atoms with Crippen molar-refractivity contribution in [3.05, 3.63) is 69.4 Å². The van der Waals surface area contributed by atoms with Gasteiger partial charge in [-0.25, -0.2) is 4.39 Å². The summed E-state index contributed by atoms with van der Waals surface area (Å²) >= 11 is 0. The van der Waals surface area contributed by atoms with E-state index < -0.39 is 5.82 Å². The predicted molar refractivity (Wildman–Crippen MR) is 95.3 cm³/mol. The second-order valence-corrected chi connectivity index (χ2v) is 6.89. The minimum absolute atomic E-state index is 0.0356. The first-order valence-electron chi connectivity index (χ1n) is 8.75. The fraction of sp³-hybridized carbons (Fsp3) is 0.300. The van der Waals surface area contributed by atoms with Crippen LogP contribution in [0.3, 0.4) is 0 Å². The van der Waals surface area contributed by atoms with Crippen molar-refractivity contribution in [2.45, 2.75) is 37.6 Å². The zero-order valence-corrected chi connectivity index (χ0v) is 14.1. The Labute approximate surface area is 149 Å². The molecule has 1 saturated carbocycles. The molecule has 6 heteroatoms. The van der Waals surface area contributed by atoms with Crippen LogP contribution in [0.4, 0.5) is 4.39 Å². The molecule has 26 heavy (non-hydrogen) atoms. The summed E-state index contributed by atoms with van der Waals surface area (Å²) in [5.41, 5.74) is 2.12. The van der Waals surface area contributed by atoms with E-state index in [0.29, 0.717) is 35.6 Å². The highest BCUT2D eigenvalue weighted by molar-refractivity contribution is 5.84. The smallest absolute Gasteiger partial charge is 0.251 e. The largest absolute Gasteiger partial charge is 0.507 e. The first-order valence-corrected chi connectivity index (χ1v) is 8.75. The van der Waals surface area contributed by atoms with E-state index in [1.54, 1.807) is 12.1 Å². The van der Waals surface area contributed by atoms with Crippen LogP contribution in [0, 0.1) is 5.82 Å². The lowest BCUT2D eigenvalue weighted by molar-refractivity contribution is -0.119. The zero-order valence-electron chi connectivity index (χ0n) is 14.1. The van der Waals surface area contributed by atoms with Crippen LogP contribution >= 0.6 is 0 Å². The Bertz CT molecular complexity index is 960. The number of halogens is 1. The first-order chi connectivity index (χ1) is 12.5. The summed E-state index contributed by atoms with van der Waals surface area (Å²) in [5.74, 6) is -0.467. The van der Waals surface area contributed by atoms with E-state index in [1.807, 2.05) is 6.07 Å². The summed E-state index contributed by atoms with van der Waals surface area (Å²) in [7, 11) is 0. The number of nitrogens with one attached hydrogen (secondary N) is 2. The van der Waals surface area contributed by atoms with Crippen molar-refractivity contribution >= 4 is 11.5 Å². The SMILES string of the molecule is O=C1CC[C@H](C=C(c2ccc(C3CC3)c(=O)[nH]2)c2ccc(F)cc2O)N1. The number of carbonyl (C=O) groups excluding carboxylic acids is 1. The molecule has 1 atom stereocenters. The van der Waals surface area contributed by atoms with Gasteiger partial charge < -0.3 is 15.4 Å². The highest BCUT2D eigenvalue weighted by atomic mass is 19.1. The fourth-order valence-corrected chi connectivity index (χ4v) is 3.38. The molecule has 4 rings (SSSR count). The van der Waals surface area contributed by atoms with Crippen molar-refractivity contribution in [3.63, 3.8) is 0 Å². The van der Waals surface area contributed by atoms with Gasteiger partial charge in [-0.3, -0.25) is 9.59 Å². The molecule has 1 aliphatic carbocycles. The van der Waals surface area contributed by atoms with Crippen LogP contribution in [0.25, 0.3) is 5.57 Å². The van der Waals surface area contributed by atoms with Gasteiger partial charge in [0.1, 0.15) is 11.6 Å². The number of carbonyl (C=O) groups is 1. The van der Waals surface area contributed by atoms with E-state index in [1.165, 1.54) is 12.1 Å². The Morgan fingerprint density at radius 1 is 1.15 bits per heavy atom. The molecule has 0 bridgehead atoms. The van der Waals surface area contributed by atoms with Crippen LogP contribution in [-0.4, -0.2) is 22.0 Å². The number of H-pyrrole nitrogens is 1. The molecule has 1 aromatic carbocycles. The predicted octanol–water partition coefficient (Wildman–Crippen LogP) is 2.81. The number of rotatable bonds is 4. The Morgan fingerprint density at radius 2 is 1.96 bits per heavy atom. The molecule has 134 valence electrons. The van der Waals surface area contributed by atoms with Crippen molar-refractivity contribution < 1.29 is 14.3 Å². The average molecular weight is 354 g/mol. The van der Waals surface area contributed by atoms with Crippen LogP contribution in [0.5, 0.6) is 5.75 Å². The molecule has 5 nitrogen and oxygen atoms in total. The molecule has 2 aliphatic rings. The molecule has 1 aliphatic heterocycles. The third-order valence-electron chi connectivity index (χ3n) is 4.89. The first kappa shape index (κ1) is 16.6. The van der Waals surface area contributed by atoms with Crippen molar-refractivity contribution in [2.24, 2.45) is 0 Å². The summed E-state index contributed by atoms with van der Waals surface area (Å²) in [5, 5.41) is 13.1. The second-order valence-electron chi connectivity index (χ2n) is 6.89. The van der Waals surface area contributed by atoms with Crippen LogP contribution in [0.15, 0.2) is 41.2 Å². The molecule has 1 aromatic heterocycles. The molecule has 2 aromatic rings. The maximum atomic E-state index is 13.4. The summed E-state index contributed by atoms with van der Waals surface area (Å²) in [6, 6.07) is 7.18. The highest BCUT2D eigenvalue weighted by Gasteiger charge is 2.27. The van der Waals surface area contributed by atoms with Crippen molar-refractivity contribution in [3.8, 4) is 5.75 Å². The van der Waals surface area contributed by atoms with Crippen molar-refractivity contribution in [1.82, 2.24) is 10.3 Å². The number of hydrogen-bond donors (Lipinski definition) is 3. The molecule has 0 spiro atoms. The molecule has 1 amide bonds. The van der Waals surface area contributed by atoms with Gasteiger partial charge in [0, 0.05) is 40.9 Å². The Hall–Kier alpha value is -2.89. The molecular weight excluding hydrogens is 335 g/mol. The maximum Gasteiger partial charge on any atom is 0.251 e. The number of phenols is 1. The average Bonchev–Trinajstić information content (AvgIpc) is 3.35. The fourth-order valence-electron chi connectivity index (χ4n) is 3.38. The van der Waals surface area contributed by atoms with Crippen LogP contribution in [-0.2, 0) is 4.79 Å². The zero-order chi connectivity index (χ0) is 18.3. The quantitative estimate of drug-likeness (QED) is 0.790. The third kappa shape index (κ3) is 3.27. The Kier molecular flexibility index (Phi) is 4.11. The van der Waals surface area contributed by atoms with Gasteiger partial charge in [-0.15, -0.1) is 0 Å². The van der Waals surface area contributed by atoms with E-state index in [4.69, 9.17) is 0 Å². The van der Waals surface area contributed by atoms with Crippen molar-refractivity contribution in [1.29, 1.82) is 0 Å². The van der Waals surface area contributed by atoms with Crippen LogP contribution in [0.2, 0.25) is 0 Å². The number of benzene rings is 1. The van der Waals surface area contributed by atoms with E-state index >= 15 is 0 Å². The molecule has 2 fully saturated rings. The van der Waals surface area contributed by atoms with E-state index in [2.05, 4.69) is 10.3 Å². The van der Waals surface area contributed by atoms with Gasteiger partial charge in [-0.2, -0.15) is 0 Å². The van der Waals surface area contributed by atoms with Crippen molar-refractivity contribution in [2.75, 3.05) is 0 Å². The second kappa shape index (κ2) is 6.44. The summed E-state index contributed by atoms with van der Waals surface area (Å²) < 4.78 is 13.4. The van der Waals surface area contributed by atoms with Crippen LogP contribution in [0.1, 0.15) is 48.4 Å². The number of phenolic OH excluding ortho intramolecular Hbond substituents is 1. The van der Waals surface area contributed by atoms with Gasteiger partial charge in [0.05, 0.1) is 0 Å².